The molecule has 2 aromatic rings. The standard InChI is InChI=1S/C24H31NO3/c1-18-17-20(28-24-10-6-5-9-23(24)26-2)12-15-25(18)14-11-19-13-16-27-22-8-4-3-7-21(19)22/h3-10,18-20H,11-17H2,1-2H3/t18-,19?,20+/m0/s1. The quantitative estimate of drug-likeness (QED) is 0.713. The van der Waals surface area contributed by atoms with Gasteiger partial charge in [-0.25, -0.2) is 0 Å². The molecule has 1 fully saturated rings. The summed E-state index contributed by atoms with van der Waals surface area (Å²) < 4.78 is 17.5. The van der Waals surface area contributed by atoms with Crippen LogP contribution in [0.1, 0.15) is 44.1 Å². The third kappa shape index (κ3) is 4.27. The number of fused-ring (bicyclic) bond motifs is 1. The number of rotatable bonds is 6. The number of hydrogen-bond donors (Lipinski definition) is 0. The van der Waals surface area contributed by atoms with E-state index in [1.807, 2.05) is 24.3 Å². The van der Waals surface area contributed by atoms with Gasteiger partial charge in [-0.05, 0) is 68.8 Å². The van der Waals surface area contributed by atoms with Crippen LogP contribution in [-0.4, -0.2) is 43.9 Å². The maximum Gasteiger partial charge on any atom is 0.161 e. The molecule has 2 aliphatic rings. The van der Waals surface area contributed by atoms with Crippen molar-refractivity contribution in [2.24, 2.45) is 0 Å². The monoisotopic (exact) mass is 381 g/mol. The van der Waals surface area contributed by atoms with E-state index in [4.69, 9.17) is 14.2 Å². The van der Waals surface area contributed by atoms with Crippen LogP contribution in [0.3, 0.4) is 0 Å². The third-order valence-electron chi connectivity index (χ3n) is 6.18. The average molecular weight is 382 g/mol. The second-order valence-corrected chi connectivity index (χ2v) is 7.96. The van der Waals surface area contributed by atoms with E-state index >= 15 is 0 Å². The number of methoxy groups -OCH3 is 1. The highest BCUT2D eigenvalue weighted by molar-refractivity contribution is 5.39. The fraction of sp³-hybridized carbons (Fsp3) is 0.500. The topological polar surface area (TPSA) is 30.9 Å². The van der Waals surface area contributed by atoms with E-state index in [1.165, 1.54) is 12.0 Å². The van der Waals surface area contributed by atoms with Crippen molar-refractivity contribution in [3.63, 3.8) is 0 Å². The highest BCUT2D eigenvalue weighted by atomic mass is 16.5. The van der Waals surface area contributed by atoms with Gasteiger partial charge in [0.05, 0.1) is 13.7 Å². The summed E-state index contributed by atoms with van der Waals surface area (Å²) in [5.74, 6) is 3.36. The summed E-state index contributed by atoms with van der Waals surface area (Å²) in [6, 6.07) is 17.0. The molecule has 0 bridgehead atoms. The minimum Gasteiger partial charge on any atom is -0.493 e. The Kier molecular flexibility index (Phi) is 6.06. The molecule has 2 aromatic carbocycles. The maximum absolute atomic E-state index is 6.27. The van der Waals surface area contributed by atoms with Crippen molar-refractivity contribution in [3.05, 3.63) is 54.1 Å². The predicted molar refractivity (Wildman–Crippen MR) is 112 cm³/mol. The SMILES string of the molecule is COc1ccccc1O[C@@H]1CCN(CCC2CCOc3ccccc32)[C@@H](C)C1. The van der Waals surface area contributed by atoms with Gasteiger partial charge in [0.15, 0.2) is 11.5 Å². The summed E-state index contributed by atoms with van der Waals surface area (Å²) >= 11 is 0. The zero-order chi connectivity index (χ0) is 19.3. The summed E-state index contributed by atoms with van der Waals surface area (Å²) in [4.78, 5) is 2.63. The Morgan fingerprint density at radius 2 is 1.82 bits per heavy atom. The first-order chi connectivity index (χ1) is 13.7. The molecule has 4 heteroatoms. The molecule has 0 amide bonds. The van der Waals surface area contributed by atoms with Crippen LogP contribution < -0.4 is 14.2 Å². The first-order valence-corrected chi connectivity index (χ1v) is 10.5. The van der Waals surface area contributed by atoms with Gasteiger partial charge >= 0.3 is 0 Å². The van der Waals surface area contributed by atoms with E-state index < -0.39 is 0 Å². The number of benzene rings is 2. The van der Waals surface area contributed by atoms with Gasteiger partial charge in [0, 0.05) is 12.6 Å². The largest absolute Gasteiger partial charge is 0.493 e. The van der Waals surface area contributed by atoms with Crippen molar-refractivity contribution in [1.82, 2.24) is 4.90 Å². The minimum absolute atomic E-state index is 0.256. The molecule has 4 rings (SSSR count). The van der Waals surface area contributed by atoms with Gasteiger partial charge in [0.25, 0.3) is 0 Å². The molecule has 4 nitrogen and oxygen atoms in total. The smallest absolute Gasteiger partial charge is 0.161 e. The third-order valence-corrected chi connectivity index (χ3v) is 6.18. The summed E-state index contributed by atoms with van der Waals surface area (Å²) in [6.07, 6.45) is 4.70. The second-order valence-electron chi connectivity index (χ2n) is 7.96. The molecule has 0 aromatic heterocycles. The van der Waals surface area contributed by atoms with Crippen LogP contribution in [0, 0.1) is 0 Å². The number of hydrogen-bond acceptors (Lipinski definition) is 4. The number of para-hydroxylation sites is 3. The van der Waals surface area contributed by atoms with Gasteiger partial charge in [0.2, 0.25) is 0 Å². The van der Waals surface area contributed by atoms with Crippen LogP contribution >= 0.6 is 0 Å². The van der Waals surface area contributed by atoms with E-state index in [9.17, 15) is 0 Å². The van der Waals surface area contributed by atoms with Crippen molar-refractivity contribution >= 4 is 0 Å². The zero-order valence-electron chi connectivity index (χ0n) is 17.0. The predicted octanol–water partition coefficient (Wildman–Crippen LogP) is 4.88. The fourth-order valence-electron chi connectivity index (χ4n) is 4.55. The maximum atomic E-state index is 6.27. The normalized spacial score (nSPS) is 24.9. The lowest BCUT2D eigenvalue weighted by Crippen LogP contribution is -2.45. The Morgan fingerprint density at radius 1 is 1.04 bits per heavy atom. The lowest BCUT2D eigenvalue weighted by molar-refractivity contribution is 0.0589. The molecule has 3 atom stereocenters. The molecule has 0 aliphatic carbocycles. The van der Waals surface area contributed by atoms with Crippen LogP contribution in [0.4, 0.5) is 0 Å². The molecule has 0 radical (unpaired) electrons. The van der Waals surface area contributed by atoms with E-state index in [-0.39, 0.29) is 6.10 Å². The average Bonchev–Trinajstić information content (AvgIpc) is 2.73. The molecule has 1 saturated heterocycles. The number of ether oxygens (including phenoxy) is 3. The second kappa shape index (κ2) is 8.87. The Morgan fingerprint density at radius 3 is 2.64 bits per heavy atom. The molecule has 28 heavy (non-hydrogen) atoms. The molecule has 0 N–H and O–H groups in total. The van der Waals surface area contributed by atoms with E-state index in [0.29, 0.717) is 12.0 Å². The van der Waals surface area contributed by atoms with Crippen LogP contribution in [0.2, 0.25) is 0 Å². The number of likely N-dealkylation sites (tertiary alicyclic amines) is 1. The van der Waals surface area contributed by atoms with Crippen molar-refractivity contribution in [1.29, 1.82) is 0 Å². The van der Waals surface area contributed by atoms with E-state index in [2.05, 4.69) is 36.1 Å². The van der Waals surface area contributed by atoms with Crippen molar-refractivity contribution < 1.29 is 14.2 Å². The number of nitrogens with zero attached hydrogens (tertiary/aromatic N) is 1. The Hall–Kier alpha value is -2.20. The van der Waals surface area contributed by atoms with Gasteiger partial charge in [-0.3, -0.25) is 0 Å². The molecule has 0 spiro atoms. The highest BCUT2D eigenvalue weighted by Gasteiger charge is 2.28. The summed E-state index contributed by atoms with van der Waals surface area (Å²) in [6.45, 7) is 5.40. The van der Waals surface area contributed by atoms with Gasteiger partial charge in [-0.1, -0.05) is 30.3 Å². The summed E-state index contributed by atoms with van der Waals surface area (Å²) in [5, 5.41) is 0. The number of piperidine rings is 1. The van der Waals surface area contributed by atoms with Gasteiger partial charge in [-0.15, -0.1) is 0 Å². The van der Waals surface area contributed by atoms with Crippen LogP contribution in [0.15, 0.2) is 48.5 Å². The van der Waals surface area contributed by atoms with Crippen LogP contribution in [0.25, 0.3) is 0 Å². The zero-order valence-corrected chi connectivity index (χ0v) is 17.0. The molecular weight excluding hydrogens is 350 g/mol. The van der Waals surface area contributed by atoms with Crippen LogP contribution in [-0.2, 0) is 0 Å². The van der Waals surface area contributed by atoms with Crippen LogP contribution in [0.5, 0.6) is 17.2 Å². The lowest BCUT2D eigenvalue weighted by Gasteiger charge is -2.38. The van der Waals surface area contributed by atoms with E-state index in [1.54, 1.807) is 7.11 Å². The molecule has 150 valence electrons. The molecule has 0 saturated carbocycles. The molecule has 2 heterocycles. The van der Waals surface area contributed by atoms with Gasteiger partial charge < -0.3 is 19.1 Å². The van der Waals surface area contributed by atoms with Crippen molar-refractivity contribution in [2.75, 3.05) is 26.8 Å². The minimum atomic E-state index is 0.256. The van der Waals surface area contributed by atoms with Gasteiger partial charge in [-0.2, -0.15) is 0 Å². The first-order valence-electron chi connectivity index (χ1n) is 10.5. The first kappa shape index (κ1) is 19.1. The fourth-order valence-corrected chi connectivity index (χ4v) is 4.55. The molecular formula is C24H31NO3. The van der Waals surface area contributed by atoms with Crippen molar-refractivity contribution in [3.8, 4) is 17.2 Å². The Labute approximate surface area is 168 Å². The lowest BCUT2D eigenvalue weighted by atomic mass is 9.89. The van der Waals surface area contributed by atoms with Gasteiger partial charge in [0.1, 0.15) is 11.9 Å². The van der Waals surface area contributed by atoms with E-state index in [0.717, 1.165) is 56.2 Å². The highest BCUT2D eigenvalue weighted by Crippen LogP contribution is 2.36. The summed E-state index contributed by atoms with van der Waals surface area (Å²) in [5.41, 5.74) is 1.38. The molecule has 2 aliphatic heterocycles. The molecule has 1 unspecified atom stereocenters. The Balaban J connectivity index is 1.30. The van der Waals surface area contributed by atoms with Crippen molar-refractivity contribution in [2.45, 2.75) is 50.7 Å². The Bertz CT molecular complexity index is 778. The summed E-state index contributed by atoms with van der Waals surface area (Å²) in [7, 11) is 1.70.